The Morgan fingerprint density at radius 3 is 2.36 bits per heavy atom. The minimum absolute atomic E-state index is 0.437. The van der Waals surface area contributed by atoms with E-state index in [1.165, 1.54) is 0 Å². The first-order valence-corrected chi connectivity index (χ1v) is 3.39. The summed E-state index contributed by atoms with van der Waals surface area (Å²) >= 11 is 0. The second-order valence-electron chi connectivity index (χ2n) is 2.19. The van der Waals surface area contributed by atoms with Crippen molar-refractivity contribution in [2.45, 2.75) is 18.6 Å². The van der Waals surface area contributed by atoms with Gasteiger partial charge in [0.25, 0.3) is 0 Å². The maximum absolute atomic E-state index is 5.15. The molecule has 0 aliphatic carbocycles. The Labute approximate surface area is 68.2 Å². The molecular weight excluding hydrogens is 140 g/mol. The number of hydrogen-bond donors (Lipinski definition) is 0. The summed E-state index contributed by atoms with van der Waals surface area (Å²) in [5.74, 6) is 1.83. The summed E-state index contributed by atoms with van der Waals surface area (Å²) in [6.45, 7) is 3.60. The maximum Gasteiger partial charge on any atom is 0.181 e. The van der Waals surface area contributed by atoms with E-state index >= 15 is 0 Å². The van der Waals surface area contributed by atoms with E-state index in [0.29, 0.717) is 12.8 Å². The van der Waals surface area contributed by atoms with Crippen molar-refractivity contribution in [3.8, 4) is 12.3 Å². The molecule has 11 heavy (non-hydrogen) atoms. The number of rotatable bonds is 5. The van der Waals surface area contributed by atoms with E-state index in [1.54, 1.807) is 20.3 Å². The number of methoxy groups -OCH3 is 2. The molecule has 0 spiro atoms. The van der Waals surface area contributed by atoms with Gasteiger partial charge in [-0.05, 0) is 0 Å². The van der Waals surface area contributed by atoms with Gasteiger partial charge in [0.2, 0.25) is 0 Å². The normalized spacial score (nSPS) is 10.6. The molecule has 0 aromatic heterocycles. The van der Waals surface area contributed by atoms with Crippen LogP contribution >= 0.6 is 0 Å². The molecule has 0 aromatic rings. The Morgan fingerprint density at radius 2 is 2.09 bits per heavy atom. The van der Waals surface area contributed by atoms with Gasteiger partial charge in [-0.25, -0.2) is 0 Å². The third-order valence-electron chi connectivity index (χ3n) is 1.57. The van der Waals surface area contributed by atoms with Gasteiger partial charge in [0, 0.05) is 20.6 Å². The lowest BCUT2D eigenvalue weighted by atomic mass is 10.1. The molecule has 0 unspecified atom stereocenters. The van der Waals surface area contributed by atoms with Crippen molar-refractivity contribution in [2.24, 2.45) is 0 Å². The molecule has 0 fully saturated rings. The minimum atomic E-state index is -0.670. The van der Waals surface area contributed by atoms with Crippen molar-refractivity contribution in [2.75, 3.05) is 14.2 Å². The largest absolute Gasteiger partial charge is 0.352 e. The zero-order valence-corrected chi connectivity index (χ0v) is 7.09. The van der Waals surface area contributed by atoms with Crippen LogP contribution in [-0.2, 0) is 9.47 Å². The van der Waals surface area contributed by atoms with Crippen LogP contribution in [0.25, 0.3) is 0 Å². The summed E-state index contributed by atoms with van der Waals surface area (Å²) in [5.41, 5.74) is 0. The van der Waals surface area contributed by atoms with Crippen LogP contribution in [0.5, 0.6) is 0 Å². The predicted octanol–water partition coefficient (Wildman–Crippen LogP) is 1.57. The van der Waals surface area contributed by atoms with Gasteiger partial charge in [-0.1, -0.05) is 6.08 Å². The second-order valence-corrected chi connectivity index (χ2v) is 2.19. The standard InChI is InChI=1S/C9H14O2/c1-5-7-9(10-3,11-4)8-6-2/h1,6H,2,7-8H2,3-4H3. The molecule has 0 rings (SSSR count). The molecule has 0 amide bonds. The molecule has 0 heterocycles. The first-order valence-electron chi connectivity index (χ1n) is 3.39. The van der Waals surface area contributed by atoms with Crippen LogP contribution in [0, 0.1) is 12.3 Å². The number of ether oxygens (including phenoxy) is 2. The zero-order chi connectivity index (χ0) is 8.74. The van der Waals surface area contributed by atoms with Crippen LogP contribution < -0.4 is 0 Å². The molecule has 0 saturated heterocycles. The quantitative estimate of drug-likeness (QED) is 0.340. The highest BCUT2D eigenvalue weighted by Crippen LogP contribution is 2.20. The van der Waals surface area contributed by atoms with Crippen LogP contribution in [-0.4, -0.2) is 20.0 Å². The third-order valence-corrected chi connectivity index (χ3v) is 1.57. The molecule has 0 atom stereocenters. The average molecular weight is 154 g/mol. The molecule has 0 aromatic carbocycles. The van der Waals surface area contributed by atoms with Crippen molar-refractivity contribution in [1.82, 2.24) is 0 Å². The van der Waals surface area contributed by atoms with E-state index in [9.17, 15) is 0 Å². The maximum atomic E-state index is 5.15. The molecule has 62 valence electrons. The first-order chi connectivity index (χ1) is 5.24. The van der Waals surface area contributed by atoms with Crippen molar-refractivity contribution < 1.29 is 9.47 Å². The molecule has 0 saturated carbocycles. The fraction of sp³-hybridized carbons (Fsp3) is 0.556. The van der Waals surface area contributed by atoms with Gasteiger partial charge in [-0.15, -0.1) is 18.9 Å². The Hall–Kier alpha value is -0.780. The summed E-state index contributed by atoms with van der Waals surface area (Å²) in [7, 11) is 3.15. The van der Waals surface area contributed by atoms with E-state index in [-0.39, 0.29) is 0 Å². The molecule has 0 N–H and O–H groups in total. The van der Waals surface area contributed by atoms with Gasteiger partial charge in [0.05, 0.1) is 6.42 Å². The first kappa shape index (κ1) is 10.2. The van der Waals surface area contributed by atoms with Crippen molar-refractivity contribution in [1.29, 1.82) is 0 Å². The monoisotopic (exact) mass is 154 g/mol. The summed E-state index contributed by atoms with van der Waals surface area (Å²) in [4.78, 5) is 0. The van der Waals surface area contributed by atoms with Gasteiger partial charge >= 0.3 is 0 Å². The van der Waals surface area contributed by atoms with Crippen molar-refractivity contribution in [3.05, 3.63) is 12.7 Å². The fourth-order valence-electron chi connectivity index (χ4n) is 0.842. The van der Waals surface area contributed by atoms with Crippen molar-refractivity contribution >= 4 is 0 Å². The van der Waals surface area contributed by atoms with E-state index < -0.39 is 5.79 Å². The molecule has 2 nitrogen and oxygen atoms in total. The Balaban J connectivity index is 4.21. The Morgan fingerprint density at radius 1 is 1.55 bits per heavy atom. The molecule has 2 heteroatoms. The summed E-state index contributed by atoms with van der Waals surface area (Å²) in [6, 6.07) is 0. The van der Waals surface area contributed by atoms with Crippen molar-refractivity contribution in [3.63, 3.8) is 0 Å². The Kier molecular flexibility index (Phi) is 4.60. The fourth-order valence-corrected chi connectivity index (χ4v) is 0.842. The van der Waals surface area contributed by atoms with E-state index in [2.05, 4.69) is 12.5 Å². The highest BCUT2D eigenvalue weighted by molar-refractivity contribution is 4.94. The van der Waals surface area contributed by atoms with E-state index in [1.807, 2.05) is 0 Å². The topological polar surface area (TPSA) is 18.5 Å². The molecule has 0 bridgehead atoms. The SMILES string of the molecule is C#CCC(CC=C)(OC)OC. The van der Waals surface area contributed by atoms with Gasteiger partial charge < -0.3 is 9.47 Å². The molecule has 0 aliphatic heterocycles. The lowest BCUT2D eigenvalue weighted by Gasteiger charge is -2.27. The highest BCUT2D eigenvalue weighted by Gasteiger charge is 2.26. The summed E-state index contributed by atoms with van der Waals surface area (Å²) < 4.78 is 10.3. The van der Waals surface area contributed by atoms with E-state index in [0.717, 1.165) is 0 Å². The number of terminal acetylenes is 1. The van der Waals surface area contributed by atoms with Crippen LogP contribution in [0.1, 0.15) is 12.8 Å². The number of hydrogen-bond acceptors (Lipinski definition) is 2. The summed E-state index contributed by atoms with van der Waals surface area (Å²) in [5, 5.41) is 0. The third kappa shape index (κ3) is 2.75. The van der Waals surface area contributed by atoms with Crippen LogP contribution in [0.4, 0.5) is 0 Å². The minimum Gasteiger partial charge on any atom is -0.352 e. The van der Waals surface area contributed by atoms with Crippen LogP contribution in [0.15, 0.2) is 12.7 Å². The van der Waals surface area contributed by atoms with Crippen LogP contribution in [0.3, 0.4) is 0 Å². The lowest BCUT2D eigenvalue weighted by Crippen LogP contribution is -2.32. The average Bonchev–Trinajstić information content (AvgIpc) is 2.04. The van der Waals surface area contributed by atoms with Gasteiger partial charge in [-0.2, -0.15) is 0 Å². The smallest absolute Gasteiger partial charge is 0.181 e. The van der Waals surface area contributed by atoms with Gasteiger partial charge in [-0.3, -0.25) is 0 Å². The van der Waals surface area contributed by atoms with Crippen LogP contribution in [0.2, 0.25) is 0 Å². The molecular formula is C9H14O2. The lowest BCUT2D eigenvalue weighted by molar-refractivity contribution is -0.199. The van der Waals surface area contributed by atoms with E-state index in [4.69, 9.17) is 15.9 Å². The predicted molar refractivity (Wildman–Crippen MR) is 45.0 cm³/mol. The van der Waals surface area contributed by atoms with Gasteiger partial charge in [0.15, 0.2) is 5.79 Å². The second kappa shape index (κ2) is 4.95. The summed E-state index contributed by atoms with van der Waals surface area (Å²) in [6.07, 6.45) is 7.92. The zero-order valence-electron chi connectivity index (χ0n) is 7.09. The molecule has 0 aliphatic rings. The molecule has 0 radical (unpaired) electrons. The van der Waals surface area contributed by atoms with Gasteiger partial charge in [0.1, 0.15) is 0 Å². The highest BCUT2D eigenvalue weighted by atomic mass is 16.7. The Bertz CT molecular complexity index is 151.